The maximum absolute atomic E-state index is 13.0. The molecule has 3 aromatic rings. The molecular weight excluding hydrogens is 417 g/mol. The van der Waals surface area contributed by atoms with Crippen LogP contribution in [0.1, 0.15) is 45.2 Å². The van der Waals surface area contributed by atoms with E-state index >= 15 is 0 Å². The van der Waals surface area contributed by atoms with E-state index in [1.807, 2.05) is 76.2 Å². The van der Waals surface area contributed by atoms with E-state index < -0.39 is 18.3 Å². The van der Waals surface area contributed by atoms with Gasteiger partial charge in [-0.3, -0.25) is 4.79 Å². The molecule has 1 saturated heterocycles. The highest BCUT2D eigenvalue weighted by Crippen LogP contribution is 2.38. The number of ether oxygens (including phenoxy) is 1. The zero-order valence-electron chi connectivity index (χ0n) is 20.0. The number of aryl methyl sites for hydroxylation is 1. The normalized spacial score (nSPS) is 17.8. The first kappa shape index (κ1) is 23.4. The Morgan fingerprint density at radius 1 is 1.03 bits per heavy atom. The van der Waals surface area contributed by atoms with Crippen LogP contribution < -0.4 is 10.1 Å². The lowest BCUT2D eigenvalue weighted by molar-refractivity contribution is -0.121. The molecule has 7 heteroatoms. The van der Waals surface area contributed by atoms with Gasteiger partial charge in [0.25, 0.3) is 0 Å². The number of furan rings is 1. The van der Waals surface area contributed by atoms with Crippen LogP contribution in [0.4, 0.5) is 0 Å². The van der Waals surface area contributed by atoms with Crippen LogP contribution in [0.15, 0.2) is 59.2 Å². The van der Waals surface area contributed by atoms with Crippen molar-refractivity contribution in [3.05, 3.63) is 65.9 Å². The third-order valence-electron chi connectivity index (χ3n) is 6.75. The summed E-state index contributed by atoms with van der Waals surface area (Å²) in [4.78, 5) is 13.0. The van der Waals surface area contributed by atoms with Crippen LogP contribution in [0.25, 0.3) is 11.0 Å². The van der Waals surface area contributed by atoms with E-state index in [9.17, 15) is 4.79 Å². The fraction of sp³-hybridized carbons (Fsp3) is 0.423. The van der Waals surface area contributed by atoms with Crippen LogP contribution >= 0.6 is 0 Å². The Balaban J connectivity index is 1.49. The predicted octanol–water partition coefficient (Wildman–Crippen LogP) is 4.73. The summed E-state index contributed by atoms with van der Waals surface area (Å²) in [5.41, 5.74) is 1.95. The fourth-order valence-corrected chi connectivity index (χ4v) is 4.03. The van der Waals surface area contributed by atoms with Gasteiger partial charge >= 0.3 is 7.12 Å². The third kappa shape index (κ3) is 5.10. The fourth-order valence-electron chi connectivity index (χ4n) is 4.03. The molecule has 0 spiro atoms. The minimum atomic E-state index is -0.561. The van der Waals surface area contributed by atoms with E-state index in [2.05, 4.69) is 5.32 Å². The van der Waals surface area contributed by atoms with Crippen molar-refractivity contribution in [1.29, 1.82) is 0 Å². The zero-order chi connectivity index (χ0) is 23.6. The highest BCUT2D eigenvalue weighted by Gasteiger charge is 2.54. The molecule has 0 bridgehead atoms. The Labute approximate surface area is 195 Å². The summed E-state index contributed by atoms with van der Waals surface area (Å²) in [6, 6.07) is 15.7. The average molecular weight is 449 g/mol. The number of rotatable bonds is 8. The van der Waals surface area contributed by atoms with E-state index in [0.717, 1.165) is 27.8 Å². The lowest BCUT2D eigenvalue weighted by atomic mass is 9.74. The van der Waals surface area contributed by atoms with E-state index in [4.69, 9.17) is 18.5 Å². The van der Waals surface area contributed by atoms with Gasteiger partial charge in [0.05, 0.1) is 30.5 Å². The van der Waals surface area contributed by atoms with Crippen molar-refractivity contribution in [1.82, 2.24) is 5.32 Å². The molecule has 1 N–H and O–H groups in total. The molecule has 1 aliphatic rings. The smallest absolute Gasteiger partial charge is 0.482 e. The second kappa shape index (κ2) is 9.24. The van der Waals surface area contributed by atoms with Gasteiger partial charge in [-0.15, -0.1) is 0 Å². The molecule has 0 saturated carbocycles. The Morgan fingerprint density at radius 3 is 2.36 bits per heavy atom. The quantitative estimate of drug-likeness (QED) is 0.504. The van der Waals surface area contributed by atoms with Crippen molar-refractivity contribution in [2.24, 2.45) is 0 Å². The van der Waals surface area contributed by atoms with Gasteiger partial charge in [0, 0.05) is 11.8 Å². The minimum absolute atomic E-state index is 0.0432. The number of amides is 1. The summed E-state index contributed by atoms with van der Waals surface area (Å²) in [6.45, 7) is 8.07. The standard InChI is InChI=1S/C26H32BNO5/c1-25(2)26(3,4)33-27(32-25)23(16-19-17-31-22-9-7-6-8-21(19)22)28-24(29)15-12-18-10-13-20(30-5)14-11-18/h6-11,13-14,17,23H,12,15-16H2,1-5H3,(H,28,29)/t23-/m0/s1. The maximum Gasteiger partial charge on any atom is 0.482 e. The lowest BCUT2D eigenvalue weighted by Gasteiger charge is -2.32. The molecule has 2 heterocycles. The largest absolute Gasteiger partial charge is 0.497 e. The number of hydrogen-bond donors (Lipinski definition) is 1. The Bertz CT molecular complexity index is 1090. The number of carbonyl (C=O) groups excluding carboxylic acids is 1. The summed E-state index contributed by atoms with van der Waals surface area (Å²) < 4.78 is 23.5. The van der Waals surface area contributed by atoms with E-state index in [0.29, 0.717) is 19.3 Å². The topological polar surface area (TPSA) is 69.9 Å². The van der Waals surface area contributed by atoms with Crippen molar-refractivity contribution < 1.29 is 23.3 Å². The summed E-state index contributed by atoms with van der Waals surface area (Å²) >= 11 is 0. The third-order valence-corrected chi connectivity index (χ3v) is 6.75. The minimum Gasteiger partial charge on any atom is -0.497 e. The average Bonchev–Trinajstić information content (AvgIpc) is 3.29. The molecule has 0 aliphatic carbocycles. The van der Waals surface area contributed by atoms with Gasteiger partial charge in [0.15, 0.2) is 0 Å². The first-order chi connectivity index (χ1) is 15.7. The van der Waals surface area contributed by atoms with Crippen molar-refractivity contribution in [3.8, 4) is 5.75 Å². The van der Waals surface area contributed by atoms with Crippen LogP contribution in [0.2, 0.25) is 0 Å². The molecule has 0 radical (unpaired) electrons. The number of nitrogens with one attached hydrogen (secondary N) is 1. The number of carbonyl (C=O) groups is 1. The highest BCUT2D eigenvalue weighted by molar-refractivity contribution is 6.48. The summed E-state index contributed by atoms with van der Waals surface area (Å²) in [5, 5.41) is 4.21. The van der Waals surface area contributed by atoms with Crippen LogP contribution in [0.3, 0.4) is 0 Å². The summed E-state index contributed by atoms with van der Waals surface area (Å²) in [7, 11) is 1.08. The van der Waals surface area contributed by atoms with E-state index in [1.165, 1.54) is 0 Å². The predicted molar refractivity (Wildman–Crippen MR) is 129 cm³/mol. The molecule has 0 unspecified atom stereocenters. The molecular formula is C26H32BNO5. The van der Waals surface area contributed by atoms with Crippen LogP contribution in [0.5, 0.6) is 5.75 Å². The molecule has 1 fully saturated rings. The van der Waals surface area contributed by atoms with Gasteiger partial charge in [0.2, 0.25) is 5.91 Å². The molecule has 6 nitrogen and oxygen atoms in total. The maximum atomic E-state index is 13.0. The van der Waals surface area contributed by atoms with Gasteiger partial charge in [0.1, 0.15) is 11.3 Å². The van der Waals surface area contributed by atoms with Crippen LogP contribution in [-0.2, 0) is 26.9 Å². The second-order valence-electron chi connectivity index (χ2n) is 9.61. The summed E-state index contributed by atoms with van der Waals surface area (Å²) in [5.74, 6) is 0.408. The van der Waals surface area contributed by atoms with Crippen LogP contribution in [0, 0.1) is 0 Å². The zero-order valence-corrected chi connectivity index (χ0v) is 20.0. The molecule has 1 amide bonds. The lowest BCUT2D eigenvalue weighted by Crippen LogP contribution is -2.49. The van der Waals surface area contributed by atoms with Crippen molar-refractivity contribution in [2.75, 3.05) is 7.11 Å². The van der Waals surface area contributed by atoms with Gasteiger partial charge in [-0.2, -0.15) is 0 Å². The first-order valence-corrected chi connectivity index (χ1v) is 11.4. The first-order valence-electron chi connectivity index (χ1n) is 11.4. The van der Waals surface area contributed by atoms with Gasteiger partial charge < -0.3 is 23.8 Å². The molecule has 1 atom stereocenters. The van der Waals surface area contributed by atoms with Gasteiger partial charge in [-0.05, 0) is 69.9 Å². The molecule has 1 aromatic heterocycles. The Kier molecular flexibility index (Phi) is 6.55. The monoisotopic (exact) mass is 449 g/mol. The van der Waals surface area contributed by atoms with Crippen molar-refractivity contribution >= 4 is 24.0 Å². The van der Waals surface area contributed by atoms with Gasteiger partial charge in [-0.25, -0.2) is 0 Å². The van der Waals surface area contributed by atoms with Gasteiger partial charge in [-0.1, -0.05) is 30.3 Å². The number of methoxy groups -OCH3 is 1. The van der Waals surface area contributed by atoms with Crippen LogP contribution in [-0.4, -0.2) is 37.3 Å². The Morgan fingerprint density at radius 2 is 1.70 bits per heavy atom. The highest BCUT2D eigenvalue weighted by atomic mass is 16.7. The number of fused-ring (bicyclic) bond motifs is 1. The second-order valence-corrected chi connectivity index (χ2v) is 9.61. The number of para-hydroxylation sites is 1. The molecule has 174 valence electrons. The molecule has 2 aromatic carbocycles. The Hall–Kier alpha value is -2.77. The van der Waals surface area contributed by atoms with E-state index in [1.54, 1.807) is 13.4 Å². The number of hydrogen-bond acceptors (Lipinski definition) is 5. The summed E-state index contributed by atoms with van der Waals surface area (Å²) in [6.07, 6.45) is 3.31. The molecule has 1 aliphatic heterocycles. The van der Waals surface area contributed by atoms with Crippen molar-refractivity contribution in [3.63, 3.8) is 0 Å². The SMILES string of the molecule is COc1ccc(CCC(=O)N[C@@H](Cc2coc3ccccc23)B2OC(C)(C)C(C)(C)O2)cc1. The van der Waals surface area contributed by atoms with Crippen molar-refractivity contribution in [2.45, 2.75) is 64.1 Å². The van der Waals surface area contributed by atoms with E-state index in [-0.39, 0.29) is 11.8 Å². The molecule has 4 rings (SSSR count). The number of benzene rings is 2. The molecule has 33 heavy (non-hydrogen) atoms.